The number of alkyl halides is 1. The van der Waals surface area contributed by atoms with Crippen LogP contribution in [0, 0.1) is 0 Å². The Morgan fingerprint density at radius 3 is 3.08 bits per heavy atom. The van der Waals surface area contributed by atoms with Gasteiger partial charge in [-0.15, -0.1) is 0 Å². The third-order valence-electron chi connectivity index (χ3n) is 2.59. The van der Waals surface area contributed by atoms with Crippen LogP contribution < -0.4 is 4.74 Å². The Morgan fingerprint density at radius 1 is 1.46 bits per heavy atom. The zero-order chi connectivity index (χ0) is 9.26. The van der Waals surface area contributed by atoms with Crippen LogP contribution >= 0.6 is 15.9 Å². The number of halogens is 1. The van der Waals surface area contributed by atoms with Crippen molar-refractivity contribution in [2.24, 2.45) is 0 Å². The van der Waals surface area contributed by atoms with Crippen LogP contribution in [0.25, 0.3) is 0 Å². The maximum atomic E-state index is 5.21. The van der Waals surface area contributed by atoms with E-state index in [4.69, 9.17) is 4.74 Å². The van der Waals surface area contributed by atoms with Gasteiger partial charge in [0.25, 0.3) is 0 Å². The standard InChI is InChI=1S/C11H13BrO/c1-13-9-6-5-8-3-2-4-11(12)10(8)7-9/h5-7,11H,2-4H2,1H3. The zero-order valence-electron chi connectivity index (χ0n) is 7.72. The highest BCUT2D eigenvalue weighted by atomic mass is 79.9. The number of aryl methyl sites for hydroxylation is 1. The van der Waals surface area contributed by atoms with Crippen LogP contribution in [0.3, 0.4) is 0 Å². The fourth-order valence-corrected chi connectivity index (χ4v) is 2.60. The molecule has 0 bridgehead atoms. The maximum absolute atomic E-state index is 5.21. The predicted molar refractivity (Wildman–Crippen MR) is 57.6 cm³/mol. The van der Waals surface area contributed by atoms with E-state index in [1.807, 2.05) is 6.07 Å². The molecule has 0 amide bonds. The summed E-state index contributed by atoms with van der Waals surface area (Å²) in [7, 11) is 1.72. The lowest BCUT2D eigenvalue weighted by atomic mass is 9.91. The number of rotatable bonds is 1. The first-order chi connectivity index (χ1) is 6.31. The van der Waals surface area contributed by atoms with E-state index in [0.29, 0.717) is 4.83 Å². The van der Waals surface area contributed by atoms with Crippen LogP contribution in [-0.2, 0) is 6.42 Å². The van der Waals surface area contributed by atoms with Crippen molar-refractivity contribution in [3.8, 4) is 5.75 Å². The lowest BCUT2D eigenvalue weighted by molar-refractivity contribution is 0.413. The van der Waals surface area contributed by atoms with Gasteiger partial charge < -0.3 is 4.74 Å². The molecule has 1 unspecified atom stereocenters. The molecule has 1 atom stereocenters. The SMILES string of the molecule is COc1ccc2c(c1)C(Br)CCC2. The molecular formula is C11H13BrO. The first-order valence-electron chi connectivity index (χ1n) is 4.62. The van der Waals surface area contributed by atoms with Crippen molar-refractivity contribution >= 4 is 15.9 Å². The Hall–Kier alpha value is -0.500. The first kappa shape index (κ1) is 9.07. The fraction of sp³-hybridized carbons (Fsp3) is 0.455. The maximum Gasteiger partial charge on any atom is 0.119 e. The molecule has 0 N–H and O–H groups in total. The van der Waals surface area contributed by atoms with Crippen molar-refractivity contribution in [2.45, 2.75) is 24.1 Å². The van der Waals surface area contributed by atoms with Gasteiger partial charge >= 0.3 is 0 Å². The highest BCUT2D eigenvalue weighted by molar-refractivity contribution is 9.09. The number of methoxy groups -OCH3 is 1. The predicted octanol–water partition coefficient (Wildman–Crippen LogP) is 3.47. The van der Waals surface area contributed by atoms with Crippen molar-refractivity contribution in [3.05, 3.63) is 29.3 Å². The van der Waals surface area contributed by atoms with E-state index >= 15 is 0 Å². The Labute approximate surface area is 87.2 Å². The minimum atomic E-state index is 0.520. The normalized spacial score (nSPS) is 20.9. The number of fused-ring (bicyclic) bond motifs is 1. The molecule has 1 aromatic carbocycles. The van der Waals surface area contributed by atoms with Crippen molar-refractivity contribution in [3.63, 3.8) is 0 Å². The highest BCUT2D eigenvalue weighted by Gasteiger charge is 2.17. The minimum Gasteiger partial charge on any atom is -0.497 e. The second-order valence-corrected chi connectivity index (χ2v) is 4.53. The molecule has 0 saturated heterocycles. The third-order valence-corrected chi connectivity index (χ3v) is 3.55. The molecule has 1 aliphatic carbocycles. The van der Waals surface area contributed by atoms with Crippen LogP contribution in [0.1, 0.15) is 28.8 Å². The van der Waals surface area contributed by atoms with Gasteiger partial charge in [-0.3, -0.25) is 0 Å². The van der Waals surface area contributed by atoms with Gasteiger partial charge in [-0.2, -0.15) is 0 Å². The number of benzene rings is 1. The molecule has 70 valence electrons. The van der Waals surface area contributed by atoms with Crippen molar-refractivity contribution < 1.29 is 4.74 Å². The molecule has 1 aromatic rings. The van der Waals surface area contributed by atoms with Gasteiger partial charge in [-0.25, -0.2) is 0 Å². The van der Waals surface area contributed by atoms with E-state index in [0.717, 1.165) is 5.75 Å². The fourth-order valence-electron chi connectivity index (χ4n) is 1.85. The van der Waals surface area contributed by atoms with Gasteiger partial charge in [-0.1, -0.05) is 22.0 Å². The average Bonchev–Trinajstić information content (AvgIpc) is 2.18. The molecule has 1 aliphatic rings. The van der Waals surface area contributed by atoms with Gasteiger partial charge in [-0.05, 0) is 42.5 Å². The summed E-state index contributed by atoms with van der Waals surface area (Å²) < 4.78 is 5.21. The van der Waals surface area contributed by atoms with Crippen LogP contribution in [0.2, 0.25) is 0 Å². The second kappa shape index (κ2) is 3.70. The van der Waals surface area contributed by atoms with Gasteiger partial charge in [0.15, 0.2) is 0 Å². The molecule has 0 spiro atoms. The van der Waals surface area contributed by atoms with Crippen molar-refractivity contribution in [1.29, 1.82) is 0 Å². The molecule has 0 heterocycles. The van der Waals surface area contributed by atoms with Gasteiger partial charge in [0, 0.05) is 4.83 Å². The molecule has 0 aliphatic heterocycles. The smallest absolute Gasteiger partial charge is 0.119 e. The van der Waals surface area contributed by atoms with Gasteiger partial charge in [0.2, 0.25) is 0 Å². The van der Waals surface area contributed by atoms with E-state index in [1.54, 1.807) is 7.11 Å². The Morgan fingerprint density at radius 2 is 2.31 bits per heavy atom. The van der Waals surface area contributed by atoms with Crippen molar-refractivity contribution in [2.75, 3.05) is 7.11 Å². The summed E-state index contributed by atoms with van der Waals surface area (Å²) in [6, 6.07) is 6.37. The number of hydrogen-bond acceptors (Lipinski definition) is 1. The lowest BCUT2D eigenvalue weighted by Gasteiger charge is -2.21. The summed E-state index contributed by atoms with van der Waals surface area (Å²) in [5.74, 6) is 0.963. The van der Waals surface area contributed by atoms with Crippen LogP contribution in [0.5, 0.6) is 5.75 Å². The Kier molecular flexibility index (Phi) is 2.58. The summed E-state index contributed by atoms with van der Waals surface area (Å²) in [6.07, 6.45) is 3.73. The Balaban J connectivity index is 2.41. The summed E-state index contributed by atoms with van der Waals surface area (Å²) in [5.41, 5.74) is 2.87. The highest BCUT2D eigenvalue weighted by Crippen LogP contribution is 2.37. The molecular weight excluding hydrogens is 228 g/mol. The average molecular weight is 241 g/mol. The molecule has 2 rings (SSSR count). The molecule has 13 heavy (non-hydrogen) atoms. The molecule has 0 fully saturated rings. The van der Waals surface area contributed by atoms with E-state index in [9.17, 15) is 0 Å². The van der Waals surface area contributed by atoms with Gasteiger partial charge in [0.05, 0.1) is 7.11 Å². The quantitative estimate of drug-likeness (QED) is 0.684. The summed E-state index contributed by atoms with van der Waals surface area (Å²) in [4.78, 5) is 0.520. The van der Waals surface area contributed by atoms with Crippen LogP contribution in [0.4, 0.5) is 0 Å². The van der Waals surface area contributed by atoms with E-state index < -0.39 is 0 Å². The minimum absolute atomic E-state index is 0.520. The molecule has 0 radical (unpaired) electrons. The van der Waals surface area contributed by atoms with Crippen LogP contribution in [0.15, 0.2) is 18.2 Å². The summed E-state index contributed by atoms with van der Waals surface area (Å²) >= 11 is 3.69. The number of hydrogen-bond donors (Lipinski definition) is 0. The van der Waals surface area contributed by atoms with E-state index in [2.05, 4.69) is 28.1 Å². The molecule has 0 saturated carbocycles. The largest absolute Gasteiger partial charge is 0.497 e. The van der Waals surface area contributed by atoms with Crippen molar-refractivity contribution in [1.82, 2.24) is 0 Å². The monoisotopic (exact) mass is 240 g/mol. The molecule has 0 aromatic heterocycles. The zero-order valence-corrected chi connectivity index (χ0v) is 9.30. The van der Waals surface area contributed by atoms with E-state index in [-0.39, 0.29) is 0 Å². The second-order valence-electron chi connectivity index (χ2n) is 3.42. The van der Waals surface area contributed by atoms with Gasteiger partial charge in [0.1, 0.15) is 5.75 Å². The topological polar surface area (TPSA) is 9.23 Å². The van der Waals surface area contributed by atoms with Crippen LogP contribution in [-0.4, -0.2) is 7.11 Å². The summed E-state index contributed by atoms with van der Waals surface area (Å²) in [5, 5.41) is 0. The Bertz CT molecular complexity index is 309. The summed E-state index contributed by atoms with van der Waals surface area (Å²) in [6.45, 7) is 0. The molecule has 1 nitrogen and oxygen atoms in total. The van der Waals surface area contributed by atoms with E-state index in [1.165, 1.54) is 30.4 Å². The number of ether oxygens (including phenoxy) is 1. The third kappa shape index (κ3) is 1.73. The first-order valence-corrected chi connectivity index (χ1v) is 5.53. The molecule has 2 heteroatoms. The lowest BCUT2D eigenvalue weighted by Crippen LogP contribution is -2.04.